The van der Waals surface area contributed by atoms with Crippen molar-refractivity contribution in [3.05, 3.63) is 64.7 Å². The molecule has 8 heteroatoms. The first kappa shape index (κ1) is 20.8. The normalized spacial score (nSPS) is 14.5. The lowest BCUT2D eigenvalue weighted by Crippen LogP contribution is -2.34. The fourth-order valence-corrected chi connectivity index (χ4v) is 4.10. The maximum atomic E-state index is 12.4. The van der Waals surface area contributed by atoms with Crippen molar-refractivity contribution in [1.82, 2.24) is 19.5 Å². The Morgan fingerprint density at radius 2 is 1.87 bits per heavy atom. The quantitative estimate of drug-likeness (QED) is 0.613. The molecule has 1 aliphatic carbocycles. The SMILES string of the molecule is O=C(CC1CCCCC1)NCC(=O)Nc1cccc(Cn2nc3ccccn3c2=O)c1. The predicted octanol–water partition coefficient (Wildman–Crippen LogP) is 2.57. The van der Waals surface area contributed by atoms with E-state index in [-0.39, 0.29) is 24.0 Å². The van der Waals surface area contributed by atoms with E-state index >= 15 is 0 Å². The Bertz CT molecular complexity index is 1130. The van der Waals surface area contributed by atoms with Gasteiger partial charge >= 0.3 is 5.69 Å². The smallest absolute Gasteiger partial charge is 0.347 e. The minimum Gasteiger partial charge on any atom is -0.347 e. The second kappa shape index (κ2) is 9.59. The zero-order chi connectivity index (χ0) is 21.6. The number of hydrogen-bond donors (Lipinski definition) is 2. The first-order valence-corrected chi connectivity index (χ1v) is 10.8. The van der Waals surface area contributed by atoms with Crippen molar-refractivity contribution in [3.8, 4) is 0 Å². The largest absolute Gasteiger partial charge is 0.350 e. The van der Waals surface area contributed by atoms with Crippen LogP contribution in [0.2, 0.25) is 0 Å². The molecule has 4 rings (SSSR count). The summed E-state index contributed by atoms with van der Waals surface area (Å²) >= 11 is 0. The van der Waals surface area contributed by atoms with Crippen LogP contribution in [0.1, 0.15) is 44.1 Å². The van der Waals surface area contributed by atoms with Gasteiger partial charge in [0.2, 0.25) is 11.8 Å². The first-order chi connectivity index (χ1) is 15.1. The van der Waals surface area contributed by atoms with Crippen molar-refractivity contribution in [2.75, 3.05) is 11.9 Å². The highest BCUT2D eigenvalue weighted by atomic mass is 16.2. The molecule has 1 aliphatic rings. The molecule has 1 fully saturated rings. The van der Waals surface area contributed by atoms with Crippen LogP contribution in [0, 0.1) is 5.92 Å². The zero-order valence-electron chi connectivity index (χ0n) is 17.4. The summed E-state index contributed by atoms with van der Waals surface area (Å²) in [7, 11) is 0. The molecule has 2 N–H and O–H groups in total. The van der Waals surface area contributed by atoms with Crippen LogP contribution < -0.4 is 16.3 Å². The minimum atomic E-state index is -0.279. The van der Waals surface area contributed by atoms with Crippen LogP contribution in [0.3, 0.4) is 0 Å². The van der Waals surface area contributed by atoms with Crippen molar-refractivity contribution < 1.29 is 9.59 Å². The van der Waals surface area contributed by atoms with E-state index in [4.69, 9.17) is 0 Å². The highest BCUT2D eigenvalue weighted by molar-refractivity contribution is 5.94. The van der Waals surface area contributed by atoms with Gasteiger partial charge in [-0.15, -0.1) is 5.10 Å². The Kier molecular flexibility index (Phi) is 6.45. The van der Waals surface area contributed by atoms with Crippen LogP contribution in [0.15, 0.2) is 53.5 Å². The van der Waals surface area contributed by atoms with Crippen molar-refractivity contribution in [2.24, 2.45) is 5.92 Å². The summed E-state index contributed by atoms with van der Waals surface area (Å²) in [5, 5.41) is 9.85. The molecule has 2 heterocycles. The van der Waals surface area contributed by atoms with Crippen LogP contribution in [0.25, 0.3) is 5.65 Å². The number of nitrogens with one attached hydrogen (secondary N) is 2. The predicted molar refractivity (Wildman–Crippen MR) is 118 cm³/mol. The molecular weight excluding hydrogens is 394 g/mol. The van der Waals surface area contributed by atoms with E-state index in [9.17, 15) is 14.4 Å². The van der Waals surface area contributed by atoms with Gasteiger partial charge in [0.1, 0.15) is 0 Å². The van der Waals surface area contributed by atoms with Crippen LogP contribution in [0.5, 0.6) is 0 Å². The highest BCUT2D eigenvalue weighted by Crippen LogP contribution is 2.26. The van der Waals surface area contributed by atoms with Crippen molar-refractivity contribution in [1.29, 1.82) is 0 Å². The molecule has 1 saturated carbocycles. The Labute approximate surface area is 180 Å². The van der Waals surface area contributed by atoms with E-state index < -0.39 is 0 Å². The number of nitrogens with zero attached hydrogens (tertiary/aromatic N) is 3. The Morgan fingerprint density at radius 1 is 1.03 bits per heavy atom. The Morgan fingerprint density at radius 3 is 2.68 bits per heavy atom. The minimum absolute atomic E-state index is 0.0539. The summed E-state index contributed by atoms with van der Waals surface area (Å²) in [5.41, 5.74) is 1.82. The molecular formula is C23H27N5O3. The number of benzene rings is 1. The molecule has 2 amide bonds. The first-order valence-electron chi connectivity index (χ1n) is 10.8. The number of pyridine rings is 1. The third-order valence-electron chi connectivity index (χ3n) is 5.68. The van der Waals surface area contributed by atoms with E-state index in [2.05, 4.69) is 15.7 Å². The molecule has 0 radical (unpaired) electrons. The number of aromatic nitrogens is 3. The summed E-state index contributed by atoms with van der Waals surface area (Å²) < 4.78 is 2.88. The fourth-order valence-electron chi connectivity index (χ4n) is 4.10. The van der Waals surface area contributed by atoms with E-state index in [1.807, 2.05) is 18.2 Å². The van der Waals surface area contributed by atoms with Gasteiger partial charge in [0, 0.05) is 18.3 Å². The second-order valence-corrected chi connectivity index (χ2v) is 8.10. The number of carbonyl (C=O) groups excluding carboxylic acids is 2. The molecule has 0 spiro atoms. The topological polar surface area (TPSA) is 97.5 Å². The van der Waals surface area contributed by atoms with E-state index in [0.29, 0.717) is 30.2 Å². The number of anilines is 1. The number of carbonyl (C=O) groups is 2. The summed E-state index contributed by atoms with van der Waals surface area (Å²) in [4.78, 5) is 36.8. The average Bonchev–Trinajstić information content (AvgIpc) is 3.09. The molecule has 0 bridgehead atoms. The molecule has 0 aliphatic heterocycles. The fraction of sp³-hybridized carbons (Fsp3) is 0.391. The van der Waals surface area contributed by atoms with Crippen LogP contribution >= 0.6 is 0 Å². The van der Waals surface area contributed by atoms with Crippen molar-refractivity contribution >= 4 is 23.1 Å². The van der Waals surface area contributed by atoms with Gasteiger partial charge in [-0.05, 0) is 48.6 Å². The van der Waals surface area contributed by atoms with Gasteiger partial charge in [0.15, 0.2) is 5.65 Å². The van der Waals surface area contributed by atoms with Gasteiger partial charge in [-0.1, -0.05) is 37.5 Å². The van der Waals surface area contributed by atoms with Gasteiger partial charge in [0.25, 0.3) is 0 Å². The van der Waals surface area contributed by atoms with Crippen LogP contribution in [-0.4, -0.2) is 32.5 Å². The second-order valence-electron chi connectivity index (χ2n) is 8.10. The molecule has 8 nitrogen and oxygen atoms in total. The van der Waals surface area contributed by atoms with Crippen LogP contribution in [-0.2, 0) is 16.1 Å². The lowest BCUT2D eigenvalue weighted by molar-refractivity contribution is -0.125. The third-order valence-corrected chi connectivity index (χ3v) is 5.68. The number of rotatable bonds is 7. The Balaban J connectivity index is 1.31. The van der Waals surface area contributed by atoms with Crippen LogP contribution in [0.4, 0.5) is 5.69 Å². The maximum absolute atomic E-state index is 12.4. The molecule has 1 aromatic carbocycles. The maximum Gasteiger partial charge on any atom is 0.350 e. The third kappa shape index (κ3) is 5.39. The van der Waals surface area contributed by atoms with E-state index in [1.54, 1.807) is 30.5 Å². The Hall–Kier alpha value is -3.42. The van der Waals surface area contributed by atoms with E-state index in [0.717, 1.165) is 18.4 Å². The molecule has 0 unspecified atom stereocenters. The summed E-state index contributed by atoms with van der Waals surface area (Å²) in [6.07, 6.45) is 8.01. The van der Waals surface area contributed by atoms with Crippen molar-refractivity contribution in [2.45, 2.75) is 45.1 Å². The van der Waals surface area contributed by atoms with Gasteiger partial charge in [-0.2, -0.15) is 0 Å². The highest BCUT2D eigenvalue weighted by Gasteiger charge is 2.17. The molecule has 0 saturated heterocycles. The summed E-state index contributed by atoms with van der Waals surface area (Å²) in [6.45, 7) is 0.240. The van der Waals surface area contributed by atoms with Gasteiger partial charge in [-0.25, -0.2) is 9.48 Å². The number of hydrogen-bond acceptors (Lipinski definition) is 4. The van der Waals surface area contributed by atoms with Gasteiger partial charge in [0.05, 0.1) is 13.1 Å². The molecule has 3 aromatic rings. The lowest BCUT2D eigenvalue weighted by Gasteiger charge is -2.20. The average molecular weight is 422 g/mol. The summed E-state index contributed by atoms with van der Waals surface area (Å²) in [5.74, 6) is 0.0950. The number of amides is 2. The molecule has 2 aromatic heterocycles. The van der Waals surface area contributed by atoms with Crippen molar-refractivity contribution in [3.63, 3.8) is 0 Å². The molecule has 0 atom stereocenters. The van der Waals surface area contributed by atoms with E-state index in [1.165, 1.54) is 28.3 Å². The van der Waals surface area contributed by atoms with Gasteiger partial charge < -0.3 is 10.6 Å². The zero-order valence-corrected chi connectivity index (χ0v) is 17.4. The summed E-state index contributed by atoms with van der Waals surface area (Å²) in [6, 6.07) is 12.7. The molecule has 162 valence electrons. The monoisotopic (exact) mass is 421 g/mol. The number of fused-ring (bicyclic) bond motifs is 1. The molecule has 31 heavy (non-hydrogen) atoms. The standard InChI is InChI=1S/C23H27N5O3/c29-21(14-17-7-2-1-3-8-17)24-15-22(30)25-19-10-6-9-18(13-19)16-28-23(31)27-12-5-4-11-20(27)26-28/h4-6,9-13,17H,1-3,7-8,14-16H2,(H,24,29)(H,25,30). The van der Waals surface area contributed by atoms with Gasteiger partial charge in [-0.3, -0.25) is 14.0 Å². The lowest BCUT2D eigenvalue weighted by atomic mass is 9.87.